The zero-order valence-electron chi connectivity index (χ0n) is 68.2. The Morgan fingerprint density at radius 1 is 0.483 bits per heavy atom. The van der Waals surface area contributed by atoms with Crippen molar-refractivity contribution < 1.29 is 116 Å². The van der Waals surface area contributed by atoms with Crippen LogP contribution >= 0.6 is 47.0 Å². The summed E-state index contributed by atoms with van der Waals surface area (Å²) in [6.45, 7) is 12.5. The Labute approximate surface area is 696 Å². The Morgan fingerprint density at radius 2 is 0.836 bits per heavy atom. The van der Waals surface area contributed by atoms with Crippen molar-refractivity contribution in [2.75, 3.05) is 75.7 Å². The maximum atomic E-state index is 13.9. The second kappa shape index (κ2) is 40.9. The zero-order valence-corrected chi connectivity index (χ0v) is 71.4. The highest BCUT2D eigenvalue weighted by Gasteiger charge is 2.70. The van der Waals surface area contributed by atoms with E-state index in [-0.39, 0.29) is 199 Å². The van der Waals surface area contributed by atoms with Gasteiger partial charge >= 0.3 is 23.9 Å². The number of aliphatic hydroxyl groups is 2. The third kappa shape index (κ3) is 21.7. The average Bonchev–Trinajstić information content (AvgIpc) is 1.46. The molecule has 0 aromatic heterocycles. The van der Waals surface area contributed by atoms with Crippen LogP contribution in [0.15, 0.2) is 47.6 Å². The fourth-order valence-electron chi connectivity index (χ4n) is 19.8. The summed E-state index contributed by atoms with van der Waals surface area (Å²) < 4.78 is 21.3. The van der Waals surface area contributed by atoms with Crippen molar-refractivity contribution in [3.05, 3.63) is 47.6 Å². The molecule has 10 aliphatic carbocycles. The lowest BCUT2D eigenvalue weighted by molar-refractivity contribution is -0.172. The molecule has 0 bridgehead atoms. The number of nitrogens with one attached hydrogen (secondary N) is 2. The number of esters is 2. The van der Waals surface area contributed by atoms with Gasteiger partial charge in [-0.3, -0.25) is 76.7 Å². The molecule has 6 N–H and O–H groups in total. The molecule has 8 saturated carbocycles. The minimum absolute atomic E-state index is 0.00232. The molecule has 0 aromatic carbocycles. The normalized spacial score (nSPS) is 32.1. The molecule has 30 heteroatoms. The van der Waals surface area contributed by atoms with Gasteiger partial charge in [0.15, 0.2) is 24.8 Å². The summed E-state index contributed by atoms with van der Waals surface area (Å²) in [5.74, 6) is -8.29. The monoisotopic (exact) mass is 1690 g/mol. The van der Waals surface area contributed by atoms with Crippen molar-refractivity contribution in [3.63, 3.8) is 0 Å². The van der Waals surface area contributed by atoms with E-state index in [4.69, 9.17) is 18.9 Å². The van der Waals surface area contributed by atoms with E-state index in [9.17, 15) is 97.1 Å². The van der Waals surface area contributed by atoms with Crippen LogP contribution in [0.25, 0.3) is 0 Å². The van der Waals surface area contributed by atoms with Crippen LogP contribution < -0.4 is 10.6 Å². The van der Waals surface area contributed by atoms with Crippen LogP contribution in [0.1, 0.15) is 197 Å². The third-order valence-corrected chi connectivity index (χ3v) is 33.9. The first-order valence-electron chi connectivity index (χ1n) is 41.3. The summed E-state index contributed by atoms with van der Waals surface area (Å²) in [4.78, 5) is 202. The SMILES string of the molecule is CCC(CSC1CCC1SCC(CC(=O)CCOCCC(C)=O)C(=O)NCC(=O)OCC(=O)[C@@]1(O)CCC2C3CCC4=CC(=O)C=C[C@]4(C)C3C(=O)C[C@@]21C)C(=O)O.CCC(CSC1CCC1SCC(CC(=O)CCOCCC(C)=O)C(=O)O)C(=O)NCC(=O)OCC(=O)[C@@]1(O)CCC2C3CCC4=CC(=O)C=C[C@]4(C)C3C(=O)C[C@@]21C. The number of amides is 2. The van der Waals surface area contributed by atoms with E-state index in [1.165, 1.54) is 37.8 Å². The number of ether oxygens (including phenoxy) is 4. The van der Waals surface area contributed by atoms with Crippen molar-refractivity contribution in [3.8, 4) is 0 Å². The van der Waals surface area contributed by atoms with Gasteiger partial charge in [-0.15, -0.1) is 0 Å². The Bertz CT molecular complexity index is 3910. The number of carbonyl (C=O) groups is 16. The van der Waals surface area contributed by atoms with Gasteiger partial charge in [-0.25, -0.2) is 0 Å². The number of thioether (sulfide) groups is 4. The molecule has 2 amide bonds. The van der Waals surface area contributed by atoms with Crippen LogP contribution in [0.4, 0.5) is 0 Å². The molecule has 0 saturated heterocycles. The van der Waals surface area contributed by atoms with E-state index >= 15 is 0 Å². The fraction of sp³-hybridized carbons (Fsp3) is 0.721. The van der Waals surface area contributed by atoms with Gasteiger partial charge in [0.25, 0.3) is 0 Å². The van der Waals surface area contributed by atoms with Crippen LogP contribution in [0.5, 0.6) is 0 Å². The molecule has 0 spiro atoms. The molecule has 116 heavy (non-hydrogen) atoms. The van der Waals surface area contributed by atoms with Gasteiger partial charge in [0.1, 0.15) is 59.0 Å². The number of rotatable bonds is 44. The van der Waals surface area contributed by atoms with Crippen molar-refractivity contribution in [1.82, 2.24) is 10.6 Å². The lowest BCUT2D eigenvalue weighted by atomic mass is 9.46. The van der Waals surface area contributed by atoms with Gasteiger partial charge in [-0.1, -0.05) is 64.8 Å². The number of aliphatic carboxylic acids is 2. The Hall–Kier alpha value is -6.28. The number of carbonyl (C=O) groups excluding carboxylic acids is 14. The number of carboxylic acid groups (broad SMARTS) is 2. The molecule has 0 aliphatic heterocycles. The lowest BCUT2D eigenvalue weighted by Crippen LogP contribution is -2.60. The van der Waals surface area contributed by atoms with Crippen LogP contribution in [0.3, 0.4) is 0 Å². The predicted octanol–water partition coefficient (Wildman–Crippen LogP) is 9.00. The van der Waals surface area contributed by atoms with Gasteiger partial charge in [0, 0.05) is 135 Å². The Balaban J connectivity index is 0.000000265. The molecule has 10 rings (SSSR count). The van der Waals surface area contributed by atoms with Crippen LogP contribution in [0, 0.1) is 80.8 Å². The van der Waals surface area contributed by atoms with E-state index in [1.54, 1.807) is 61.3 Å². The largest absolute Gasteiger partial charge is 0.481 e. The second-order valence-corrected chi connectivity index (χ2v) is 39.6. The minimum Gasteiger partial charge on any atom is -0.481 e. The highest BCUT2D eigenvalue weighted by molar-refractivity contribution is 8.04. The second-order valence-electron chi connectivity index (χ2n) is 34.5. The van der Waals surface area contributed by atoms with Gasteiger partial charge < -0.3 is 50.0 Å². The third-order valence-electron chi connectivity index (χ3n) is 27.3. The van der Waals surface area contributed by atoms with Crippen molar-refractivity contribution in [1.29, 1.82) is 0 Å². The molecule has 14 unspecified atom stereocenters. The number of hydrogen-bond acceptors (Lipinski definition) is 26. The molecule has 0 aromatic rings. The molecule has 26 nitrogen and oxygen atoms in total. The summed E-state index contributed by atoms with van der Waals surface area (Å²) in [5.41, 5.74) is -5.06. The number of Topliss-reactive ketones (excluding diaryl/α,β-unsaturated/α-hetero) is 8. The first-order valence-corrected chi connectivity index (χ1v) is 45.5. The van der Waals surface area contributed by atoms with Crippen molar-refractivity contribution >= 4 is 141 Å². The number of ketones is 10. The predicted molar refractivity (Wildman–Crippen MR) is 436 cm³/mol. The molecule has 0 heterocycles. The molecule has 640 valence electrons. The van der Waals surface area contributed by atoms with Crippen LogP contribution in [0.2, 0.25) is 0 Å². The van der Waals surface area contributed by atoms with Gasteiger partial charge in [-0.05, 0) is 152 Å². The zero-order chi connectivity index (χ0) is 84.8. The smallest absolute Gasteiger partial charge is 0.325 e. The summed E-state index contributed by atoms with van der Waals surface area (Å²) in [6, 6.07) is 0. The maximum Gasteiger partial charge on any atom is 0.325 e. The van der Waals surface area contributed by atoms with Gasteiger partial charge in [-0.2, -0.15) is 47.0 Å². The lowest BCUT2D eigenvalue weighted by Gasteiger charge is -2.56. The summed E-state index contributed by atoms with van der Waals surface area (Å²) in [7, 11) is 0. The summed E-state index contributed by atoms with van der Waals surface area (Å²) >= 11 is 6.35. The van der Waals surface area contributed by atoms with Crippen molar-refractivity contribution in [2.45, 2.75) is 229 Å². The molecular formula is C86H118N2O24S4. The standard InChI is InChI=1S/2C43H59NO12S2/c1-5-26(40(52)53)23-57-34-8-9-35(34)58-24-27(18-30(47)13-17-55-16-12-25(2)45)39(51)44-21-37(50)56-22-36(49)43(54)15-11-32-31-7-6-28-19-29(46)10-14-41(28,3)38(31)33(48)20-42(32,43)4;1-5-26(23-57-34-8-9-35(34)58-24-27(40(52)53)18-30(47)13-17-55-16-12-25(2)45)39(51)44-21-37(50)56-22-36(49)43(54)15-11-32-31-7-6-28-19-29(46)10-14-41(28,3)38(31)33(48)20-42(32,43)4/h2*10,14,19,26-27,31-32,34-35,38,54H,5-9,11-13,15-18,20-24H2,1-4H3,(H,44,51)(H,52,53)/t2*26?,27?,31?,32?,34?,35?,38?,41-,42-,43-/m00/s1. The number of allylic oxidation sites excluding steroid dienone is 8. The van der Waals surface area contributed by atoms with Crippen LogP contribution in [-0.4, -0.2) is 222 Å². The maximum absolute atomic E-state index is 13.9. The molecule has 8 fully saturated rings. The van der Waals surface area contributed by atoms with Gasteiger partial charge in [0.2, 0.25) is 23.4 Å². The fourth-order valence-corrected chi connectivity index (χ4v) is 26.5. The minimum atomic E-state index is -1.89. The first kappa shape index (κ1) is 93.6. The van der Waals surface area contributed by atoms with E-state index < -0.39 is 124 Å². The number of carboxylic acids is 2. The number of hydrogen-bond donors (Lipinski definition) is 6. The topological polar surface area (TPSA) is 415 Å². The quantitative estimate of drug-likeness (QED) is 0.0245. The average molecular weight is 1690 g/mol. The van der Waals surface area contributed by atoms with Gasteiger partial charge in [0.05, 0.1) is 44.2 Å². The highest BCUT2D eigenvalue weighted by Crippen LogP contribution is 2.68. The van der Waals surface area contributed by atoms with E-state index in [0.717, 1.165) is 36.8 Å². The molecule has 0 radical (unpaired) electrons. The van der Waals surface area contributed by atoms with E-state index in [1.807, 2.05) is 39.8 Å². The van der Waals surface area contributed by atoms with Crippen LogP contribution in [-0.2, 0) is 95.7 Å². The van der Waals surface area contributed by atoms with Crippen molar-refractivity contribution in [2.24, 2.45) is 80.8 Å². The number of fused-ring (bicyclic) bond motifs is 10. The van der Waals surface area contributed by atoms with E-state index in [0.29, 0.717) is 74.4 Å². The Morgan fingerprint density at radius 3 is 1.21 bits per heavy atom. The molecule has 10 aliphatic rings. The highest BCUT2D eigenvalue weighted by atomic mass is 32.2. The van der Waals surface area contributed by atoms with E-state index in [2.05, 4.69) is 10.6 Å². The summed E-state index contributed by atoms with van der Waals surface area (Å²) in [6.07, 6.45) is 19.3. The first-order chi connectivity index (χ1) is 54.9. The molecular weight excluding hydrogens is 1570 g/mol. The Kier molecular flexibility index (Phi) is 33.0. The summed E-state index contributed by atoms with van der Waals surface area (Å²) in [5, 5.41) is 49.1. The molecule has 20 atom stereocenters.